The first-order valence-corrected chi connectivity index (χ1v) is 11.2. The third-order valence-electron chi connectivity index (χ3n) is 4.84. The molecule has 0 fully saturated rings. The van der Waals surface area contributed by atoms with Crippen molar-refractivity contribution < 1.29 is 19.1 Å². The zero-order valence-electron chi connectivity index (χ0n) is 17.7. The number of carbonyl (C=O) groups is 2. The summed E-state index contributed by atoms with van der Waals surface area (Å²) in [6, 6.07) is 12.9. The molecule has 0 saturated carbocycles. The second kappa shape index (κ2) is 13.8. The Balaban J connectivity index is 1.70. The van der Waals surface area contributed by atoms with Crippen LogP contribution in [-0.4, -0.2) is 18.5 Å². The number of esters is 2. The van der Waals surface area contributed by atoms with E-state index in [1.54, 1.807) is 42.5 Å². The van der Waals surface area contributed by atoms with Gasteiger partial charge in [-0.25, -0.2) is 9.59 Å². The second-order valence-corrected chi connectivity index (χ2v) is 7.83. The predicted molar refractivity (Wildman–Crippen MR) is 120 cm³/mol. The number of carbonyl (C=O) groups excluding carboxylic acids is 2. The fourth-order valence-corrected chi connectivity index (χ4v) is 3.23. The van der Waals surface area contributed by atoms with Gasteiger partial charge in [0.05, 0.1) is 17.7 Å². The Morgan fingerprint density at radius 3 is 1.97 bits per heavy atom. The Morgan fingerprint density at radius 2 is 1.33 bits per heavy atom. The third kappa shape index (κ3) is 9.00. The number of benzene rings is 2. The highest BCUT2D eigenvalue weighted by atomic mass is 35.5. The molecule has 0 aliphatic carbocycles. The molecule has 0 spiro atoms. The molecule has 0 unspecified atom stereocenters. The summed E-state index contributed by atoms with van der Waals surface area (Å²) < 4.78 is 10.7. The Kier molecular flexibility index (Phi) is 11.0. The van der Waals surface area contributed by atoms with E-state index in [1.807, 2.05) is 0 Å². The van der Waals surface area contributed by atoms with Gasteiger partial charge in [-0.1, -0.05) is 76.0 Å². The molecular formula is C25H31ClO4. The van der Waals surface area contributed by atoms with Crippen molar-refractivity contribution in [2.75, 3.05) is 6.61 Å². The van der Waals surface area contributed by atoms with E-state index in [2.05, 4.69) is 6.92 Å². The lowest BCUT2D eigenvalue weighted by atomic mass is 10.1. The number of unbranched alkanes of at least 4 members (excludes halogenated alkanes) is 8. The van der Waals surface area contributed by atoms with Crippen LogP contribution >= 0.6 is 11.6 Å². The standard InChI is InChI=1S/C25H31ClO4/c1-2-3-4-5-6-7-8-9-10-18-29-24(27)20-12-11-13-21(19-20)25(28)30-23-16-14-22(26)15-17-23/h11-17,19H,2-10,18H2,1H3. The molecule has 0 bridgehead atoms. The molecule has 0 amide bonds. The van der Waals surface area contributed by atoms with Gasteiger partial charge in [0.15, 0.2) is 0 Å². The van der Waals surface area contributed by atoms with E-state index < -0.39 is 11.9 Å². The topological polar surface area (TPSA) is 52.6 Å². The highest BCUT2D eigenvalue weighted by Crippen LogP contribution is 2.18. The van der Waals surface area contributed by atoms with Crippen molar-refractivity contribution in [1.82, 2.24) is 0 Å². The molecule has 0 radical (unpaired) electrons. The van der Waals surface area contributed by atoms with Crippen LogP contribution in [0.1, 0.15) is 85.4 Å². The fraction of sp³-hybridized carbons (Fsp3) is 0.440. The quantitative estimate of drug-likeness (QED) is 0.191. The lowest BCUT2D eigenvalue weighted by Crippen LogP contribution is -2.11. The van der Waals surface area contributed by atoms with E-state index in [0.29, 0.717) is 28.5 Å². The van der Waals surface area contributed by atoms with Gasteiger partial charge in [0, 0.05) is 5.02 Å². The molecule has 2 rings (SSSR count). The van der Waals surface area contributed by atoms with Crippen LogP contribution in [-0.2, 0) is 4.74 Å². The van der Waals surface area contributed by atoms with E-state index in [9.17, 15) is 9.59 Å². The van der Waals surface area contributed by atoms with Gasteiger partial charge in [0.25, 0.3) is 0 Å². The zero-order chi connectivity index (χ0) is 21.6. The molecule has 0 saturated heterocycles. The molecule has 2 aromatic rings. The third-order valence-corrected chi connectivity index (χ3v) is 5.09. The number of ether oxygens (including phenoxy) is 2. The Morgan fingerprint density at radius 1 is 0.767 bits per heavy atom. The smallest absolute Gasteiger partial charge is 0.343 e. The molecule has 0 aliphatic heterocycles. The van der Waals surface area contributed by atoms with Crippen LogP contribution in [0.15, 0.2) is 48.5 Å². The molecule has 0 aromatic heterocycles. The minimum atomic E-state index is -0.536. The Hall–Kier alpha value is -2.33. The maximum Gasteiger partial charge on any atom is 0.343 e. The first-order chi connectivity index (χ1) is 14.6. The molecule has 0 heterocycles. The molecule has 2 aromatic carbocycles. The Labute approximate surface area is 184 Å². The van der Waals surface area contributed by atoms with Gasteiger partial charge >= 0.3 is 11.9 Å². The lowest BCUT2D eigenvalue weighted by Gasteiger charge is -2.07. The molecule has 30 heavy (non-hydrogen) atoms. The number of hydrogen-bond acceptors (Lipinski definition) is 4. The molecule has 5 heteroatoms. The van der Waals surface area contributed by atoms with Gasteiger partial charge in [-0.2, -0.15) is 0 Å². The van der Waals surface area contributed by atoms with Gasteiger partial charge < -0.3 is 9.47 Å². The minimum Gasteiger partial charge on any atom is -0.462 e. The summed E-state index contributed by atoms with van der Waals surface area (Å²) in [4.78, 5) is 24.6. The first kappa shape index (κ1) is 23.9. The monoisotopic (exact) mass is 430 g/mol. The van der Waals surface area contributed by atoms with Crippen molar-refractivity contribution >= 4 is 23.5 Å². The van der Waals surface area contributed by atoms with E-state index >= 15 is 0 Å². The molecule has 0 N–H and O–H groups in total. The SMILES string of the molecule is CCCCCCCCCCCOC(=O)c1cccc(C(=O)Oc2ccc(Cl)cc2)c1. The number of rotatable bonds is 13. The van der Waals surface area contributed by atoms with Gasteiger partial charge in [-0.15, -0.1) is 0 Å². The molecule has 0 atom stereocenters. The van der Waals surface area contributed by atoms with Crippen LogP contribution in [0.5, 0.6) is 5.75 Å². The van der Waals surface area contributed by atoms with Crippen molar-refractivity contribution in [1.29, 1.82) is 0 Å². The van der Waals surface area contributed by atoms with Crippen molar-refractivity contribution in [2.24, 2.45) is 0 Å². The largest absolute Gasteiger partial charge is 0.462 e. The summed E-state index contributed by atoms with van der Waals surface area (Å²) in [5.41, 5.74) is 0.638. The van der Waals surface area contributed by atoms with Crippen LogP contribution < -0.4 is 4.74 Å². The molecule has 162 valence electrons. The molecular weight excluding hydrogens is 400 g/mol. The van der Waals surface area contributed by atoms with Crippen molar-refractivity contribution in [2.45, 2.75) is 64.7 Å². The summed E-state index contributed by atoms with van der Waals surface area (Å²) in [6.07, 6.45) is 10.9. The maximum absolute atomic E-state index is 12.3. The molecule has 4 nitrogen and oxygen atoms in total. The average Bonchev–Trinajstić information content (AvgIpc) is 2.76. The van der Waals surface area contributed by atoms with Gasteiger partial charge in [-0.3, -0.25) is 0 Å². The average molecular weight is 431 g/mol. The zero-order valence-corrected chi connectivity index (χ0v) is 18.5. The molecule has 0 aliphatic rings. The van der Waals surface area contributed by atoms with Crippen LogP contribution in [0.4, 0.5) is 0 Å². The summed E-state index contributed by atoms with van der Waals surface area (Å²) in [6.45, 7) is 2.62. The Bertz CT molecular complexity index is 786. The maximum atomic E-state index is 12.3. The van der Waals surface area contributed by atoms with Gasteiger partial charge in [-0.05, 0) is 48.9 Å². The highest BCUT2D eigenvalue weighted by molar-refractivity contribution is 6.30. The predicted octanol–water partition coefficient (Wildman–Crippen LogP) is 7.25. The number of hydrogen-bond donors (Lipinski definition) is 0. The first-order valence-electron chi connectivity index (χ1n) is 10.8. The summed E-state index contributed by atoms with van der Waals surface area (Å²) in [7, 11) is 0. The lowest BCUT2D eigenvalue weighted by molar-refractivity contribution is 0.0497. The summed E-state index contributed by atoms with van der Waals surface area (Å²) in [5.74, 6) is -0.565. The normalized spacial score (nSPS) is 10.6. The van der Waals surface area contributed by atoms with E-state index in [4.69, 9.17) is 21.1 Å². The summed E-state index contributed by atoms with van der Waals surface area (Å²) >= 11 is 5.83. The van der Waals surface area contributed by atoms with Crippen molar-refractivity contribution in [3.8, 4) is 5.75 Å². The van der Waals surface area contributed by atoms with E-state index in [-0.39, 0.29) is 0 Å². The summed E-state index contributed by atoms with van der Waals surface area (Å²) in [5, 5.41) is 0.562. The van der Waals surface area contributed by atoms with Crippen LogP contribution in [0.3, 0.4) is 0 Å². The van der Waals surface area contributed by atoms with Crippen molar-refractivity contribution in [3.05, 3.63) is 64.7 Å². The van der Waals surface area contributed by atoms with Gasteiger partial charge in [0.2, 0.25) is 0 Å². The number of halogens is 1. The van der Waals surface area contributed by atoms with Crippen LogP contribution in [0, 0.1) is 0 Å². The van der Waals surface area contributed by atoms with Crippen LogP contribution in [0.25, 0.3) is 0 Å². The fourth-order valence-electron chi connectivity index (χ4n) is 3.10. The van der Waals surface area contributed by atoms with Crippen LogP contribution in [0.2, 0.25) is 5.02 Å². The van der Waals surface area contributed by atoms with Gasteiger partial charge in [0.1, 0.15) is 5.75 Å². The van der Waals surface area contributed by atoms with E-state index in [0.717, 1.165) is 12.8 Å². The van der Waals surface area contributed by atoms with Crippen molar-refractivity contribution in [3.63, 3.8) is 0 Å². The highest BCUT2D eigenvalue weighted by Gasteiger charge is 2.13. The minimum absolute atomic E-state index is 0.294. The van der Waals surface area contributed by atoms with E-state index in [1.165, 1.54) is 51.0 Å². The second-order valence-electron chi connectivity index (χ2n) is 7.39.